The van der Waals surface area contributed by atoms with Gasteiger partial charge in [0.1, 0.15) is 6.10 Å². The number of ether oxygens (including phenoxy) is 1. The summed E-state index contributed by atoms with van der Waals surface area (Å²) in [5.41, 5.74) is 1.95. The highest BCUT2D eigenvalue weighted by molar-refractivity contribution is 5.19. The van der Waals surface area contributed by atoms with Gasteiger partial charge >= 0.3 is 0 Å². The number of hydrogen-bond acceptors (Lipinski definition) is 2. The predicted molar refractivity (Wildman–Crippen MR) is 61.6 cm³/mol. The minimum atomic E-state index is -0.533. The Balaban J connectivity index is 2.75. The number of benzene rings is 1. The van der Waals surface area contributed by atoms with Gasteiger partial charge in [0.2, 0.25) is 0 Å². The first-order chi connectivity index (χ1) is 7.15. The third kappa shape index (κ3) is 3.50. The van der Waals surface area contributed by atoms with E-state index in [1.165, 1.54) is 0 Å². The van der Waals surface area contributed by atoms with E-state index in [1.54, 1.807) is 7.11 Å². The van der Waals surface area contributed by atoms with Gasteiger partial charge in [0, 0.05) is 7.11 Å². The fourth-order valence-corrected chi connectivity index (χ4v) is 1.62. The van der Waals surface area contributed by atoms with E-state index in [0.29, 0.717) is 6.42 Å². The second-order valence-corrected chi connectivity index (χ2v) is 3.80. The molecule has 1 aromatic rings. The summed E-state index contributed by atoms with van der Waals surface area (Å²) < 4.78 is 5.31. The summed E-state index contributed by atoms with van der Waals surface area (Å²) in [4.78, 5) is 0. The Morgan fingerprint density at radius 1 is 1.40 bits per heavy atom. The third-order valence-corrected chi connectivity index (χ3v) is 2.29. The molecule has 0 fully saturated rings. The molecular weight excluding hydrogens is 188 g/mol. The summed E-state index contributed by atoms with van der Waals surface area (Å²) in [5, 5.41) is 9.95. The van der Waals surface area contributed by atoms with E-state index in [1.807, 2.05) is 37.3 Å². The van der Waals surface area contributed by atoms with Crippen LogP contribution in [0.1, 0.15) is 25.0 Å². The first-order valence-electron chi connectivity index (χ1n) is 5.05. The van der Waals surface area contributed by atoms with E-state index in [0.717, 1.165) is 11.1 Å². The molecule has 2 nitrogen and oxygen atoms in total. The van der Waals surface area contributed by atoms with Gasteiger partial charge in [-0.2, -0.15) is 0 Å². The first kappa shape index (κ1) is 12.0. The maximum atomic E-state index is 9.95. The molecule has 1 rings (SSSR count). The lowest BCUT2D eigenvalue weighted by Crippen LogP contribution is -2.20. The Kier molecular flexibility index (Phi) is 4.53. The Morgan fingerprint density at radius 3 is 2.47 bits per heavy atom. The smallest absolute Gasteiger partial charge is 0.108 e. The van der Waals surface area contributed by atoms with E-state index in [9.17, 15) is 5.11 Å². The van der Waals surface area contributed by atoms with Crippen LogP contribution in [0.2, 0.25) is 0 Å². The van der Waals surface area contributed by atoms with Crippen LogP contribution in [0.3, 0.4) is 0 Å². The lowest BCUT2D eigenvalue weighted by atomic mass is 9.99. The second-order valence-electron chi connectivity index (χ2n) is 3.80. The predicted octanol–water partition coefficient (Wildman–Crippen LogP) is 2.70. The summed E-state index contributed by atoms with van der Waals surface area (Å²) in [6.45, 7) is 5.69. The molecule has 2 heteroatoms. The zero-order valence-corrected chi connectivity index (χ0v) is 9.31. The Hall–Kier alpha value is -1.12. The van der Waals surface area contributed by atoms with Crippen molar-refractivity contribution in [3.63, 3.8) is 0 Å². The minimum Gasteiger partial charge on any atom is -0.390 e. The van der Waals surface area contributed by atoms with Crippen molar-refractivity contribution in [1.29, 1.82) is 0 Å². The van der Waals surface area contributed by atoms with Gasteiger partial charge in [-0.05, 0) is 18.9 Å². The molecule has 0 aliphatic heterocycles. The summed E-state index contributed by atoms with van der Waals surface area (Å²) >= 11 is 0. The normalized spacial score (nSPS) is 14.6. The van der Waals surface area contributed by atoms with Crippen molar-refractivity contribution >= 4 is 0 Å². The number of aliphatic hydroxyl groups is 1. The number of rotatable bonds is 5. The lowest BCUT2D eigenvalue weighted by Gasteiger charge is -2.22. The Morgan fingerprint density at radius 2 is 2.00 bits per heavy atom. The molecule has 0 aliphatic carbocycles. The van der Waals surface area contributed by atoms with Crippen LogP contribution >= 0.6 is 0 Å². The Bertz CT molecular complexity index is 306. The van der Waals surface area contributed by atoms with E-state index in [-0.39, 0.29) is 6.10 Å². The van der Waals surface area contributed by atoms with Crippen molar-refractivity contribution in [2.45, 2.75) is 25.6 Å². The highest BCUT2D eigenvalue weighted by atomic mass is 16.5. The van der Waals surface area contributed by atoms with Crippen molar-refractivity contribution < 1.29 is 9.84 Å². The minimum absolute atomic E-state index is 0.275. The SMILES string of the molecule is C=C(C)CC(O)C(OC)c1ccccc1. The van der Waals surface area contributed by atoms with Crippen molar-refractivity contribution in [2.75, 3.05) is 7.11 Å². The molecule has 15 heavy (non-hydrogen) atoms. The molecule has 1 N–H and O–H groups in total. The fourth-order valence-electron chi connectivity index (χ4n) is 1.62. The molecule has 0 radical (unpaired) electrons. The molecule has 0 bridgehead atoms. The van der Waals surface area contributed by atoms with Gasteiger partial charge in [-0.1, -0.05) is 35.9 Å². The quantitative estimate of drug-likeness (QED) is 0.750. The van der Waals surface area contributed by atoms with Crippen LogP contribution in [-0.2, 0) is 4.74 Å². The summed E-state index contributed by atoms with van der Waals surface area (Å²) in [6, 6.07) is 9.73. The molecule has 2 unspecified atom stereocenters. The van der Waals surface area contributed by atoms with Crippen molar-refractivity contribution in [3.8, 4) is 0 Å². The highest BCUT2D eigenvalue weighted by Gasteiger charge is 2.20. The molecule has 0 spiro atoms. The van der Waals surface area contributed by atoms with Crippen LogP contribution in [0.5, 0.6) is 0 Å². The molecule has 82 valence electrons. The van der Waals surface area contributed by atoms with Gasteiger partial charge in [0.25, 0.3) is 0 Å². The maximum absolute atomic E-state index is 9.95. The molecule has 0 saturated carbocycles. The summed E-state index contributed by atoms with van der Waals surface area (Å²) in [6.07, 6.45) is -0.245. The molecule has 0 aromatic heterocycles. The largest absolute Gasteiger partial charge is 0.390 e. The molecular formula is C13H18O2. The average molecular weight is 206 g/mol. The molecule has 0 saturated heterocycles. The number of aliphatic hydroxyl groups excluding tert-OH is 1. The Labute approximate surface area is 91.2 Å². The molecule has 0 heterocycles. The van der Waals surface area contributed by atoms with Crippen LogP contribution in [0.4, 0.5) is 0 Å². The van der Waals surface area contributed by atoms with Crippen LogP contribution in [0, 0.1) is 0 Å². The number of hydrogen-bond donors (Lipinski definition) is 1. The summed E-state index contributed by atoms with van der Waals surface area (Å²) in [7, 11) is 1.61. The van der Waals surface area contributed by atoms with Gasteiger partial charge in [-0.3, -0.25) is 0 Å². The first-order valence-corrected chi connectivity index (χ1v) is 5.05. The molecule has 2 atom stereocenters. The lowest BCUT2D eigenvalue weighted by molar-refractivity contribution is -0.0127. The maximum Gasteiger partial charge on any atom is 0.108 e. The summed E-state index contributed by atoms with van der Waals surface area (Å²) in [5.74, 6) is 0. The van der Waals surface area contributed by atoms with Crippen molar-refractivity contribution in [1.82, 2.24) is 0 Å². The fraction of sp³-hybridized carbons (Fsp3) is 0.385. The van der Waals surface area contributed by atoms with Crippen LogP contribution in [0.15, 0.2) is 42.5 Å². The van der Waals surface area contributed by atoms with Gasteiger partial charge < -0.3 is 9.84 Å². The monoisotopic (exact) mass is 206 g/mol. The van der Waals surface area contributed by atoms with Gasteiger partial charge in [-0.15, -0.1) is 6.58 Å². The average Bonchev–Trinajstić information content (AvgIpc) is 2.19. The second kappa shape index (κ2) is 5.69. The number of methoxy groups -OCH3 is 1. The van der Waals surface area contributed by atoms with Crippen molar-refractivity contribution in [3.05, 3.63) is 48.0 Å². The third-order valence-electron chi connectivity index (χ3n) is 2.29. The van der Waals surface area contributed by atoms with Crippen molar-refractivity contribution in [2.24, 2.45) is 0 Å². The van der Waals surface area contributed by atoms with E-state index >= 15 is 0 Å². The van der Waals surface area contributed by atoms with Crippen LogP contribution in [0.25, 0.3) is 0 Å². The zero-order valence-electron chi connectivity index (χ0n) is 9.31. The molecule has 0 amide bonds. The zero-order chi connectivity index (χ0) is 11.3. The van der Waals surface area contributed by atoms with E-state index in [4.69, 9.17) is 4.74 Å². The standard InChI is InChI=1S/C13H18O2/c1-10(2)9-12(14)13(15-3)11-7-5-4-6-8-11/h4-8,12-14H,1,9H2,2-3H3. The van der Waals surface area contributed by atoms with E-state index in [2.05, 4.69) is 6.58 Å². The topological polar surface area (TPSA) is 29.5 Å². The van der Waals surface area contributed by atoms with E-state index < -0.39 is 6.10 Å². The highest BCUT2D eigenvalue weighted by Crippen LogP contribution is 2.23. The molecule has 1 aromatic carbocycles. The van der Waals surface area contributed by atoms with Gasteiger partial charge in [0.15, 0.2) is 0 Å². The van der Waals surface area contributed by atoms with Crippen LogP contribution < -0.4 is 0 Å². The molecule has 0 aliphatic rings. The van der Waals surface area contributed by atoms with Gasteiger partial charge in [-0.25, -0.2) is 0 Å². The van der Waals surface area contributed by atoms with Crippen LogP contribution in [-0.4, -0.2) is 18.3 Å². The van der Waals surface area contributed by atoms with Gasteiger partial charge in [0.05, 0.1) is 6.10 Å².